The summed E-state index contributed by atoms with van der Waals surface area (Å²) in [5.41, 5.74) is 9.34. The summed E-state index contributed by atoms with van der Waals surface area (Å²) in [6.07, 6.45) is 4.61. The third-order valence-corrected chi connectivity index (χ3v) is 6.51. The molecule has 0 radical (unpaired) electrons. The van der Waals surface area contributed by atoms with Gasteiger partial charge >= 0.3 is 0 Å². The molecule has 0 aliphatic carbocycles. The summed E-state index contributed by atoms with van der Waals surface area (Å²) in [6.45, 7) is 3.03. The molecule has 21 heavy (non-hydrogen) atoms. The summed E-state index contributed by atoms with van der Waals surface area (Å²) < 4.78 is 7.32. The minimum atomic E-state index is 0.120. The zero-order valence-electron chi connectivity index (χ0n) is 12.6. The van der Waals surface area contributed by atoms with Crippen LogP contribution in [0.25, 0.3) is 0 Å². The molecule has 2 atom stereocenters. The summed E-state index contributed by atoms with van der Waals surface area (Å²) in [4.78, 5) is 0. The molecular formula is C17H24BrNOS. The summed E-state index contributed by atoms with van der Waals surface area (Å²) in [5, 5.41) is 0. The van der Waals surface area contributed by atoms with E-state index in [9.17, 15) is 0 Å². The van der Waals surface area contributed by atoms with E-state index in [2.05, 4.69) is 52.8 Å². The van der Waals surface area contributed by atoms with Crippen molar-refractivity contribution in [3.05, 3.63) is 33.8 Å². The van der Waals surface area contributed by atoms with Crippen LogP contribution in [0.2, 0.25) is 0 Å². The normalized spacial score (nSPS) is 26.7. The van der Waals surface area contributed by atoms with Crippen molar-refractivity contribution in [2.45, 2.75) is 44.2 Å². The van der Waals surface area contributed by atoms with Gasteiger partial charge in [0.1, 0.15) is 0 Å². The number of hydrogen-bond donors (Lipinski definition) is 1. The summed E-state index contributed by atoms with van der Waals surface area (Å²) in [6, 6.07) is 6.59. The molecule has 2 aliphatic heterocycles. The molecule has 4 heteroatoms. The van der Waals surface area contributed by atoms with E-state index in [0.717, 1.165) is 23.9 Å². The summed E-state index contributed by atoms with van der Waals surface area (Å²) >= 11 is 5.59. The highest BCUT2D eigenvalue weighted by atomic mass is 79.9. The van der Waals surface area contributed by atoms with E-state index in [-0.39, 0.29) is 11.6 Å². The maximum absolute atomic E-state index is 6.63. The molecule has 2 saturated heterocycles. The van der Waals surface area contributed by atoms with Gasteiger partial charge in [0.15, 0.2) is 0 Å². The van der Waals surface area contributed by atoms with E-state index in [1.54, 1.807) is 0 Å². The van der Waals surface area contributed by atoms with Gasteiger partial charge in [-0.25, -0.2) is 0 Å². The van der Waals surface area contributed by atoms with Crippen LogP contribution in [0, 0.1) is 12.8 Å². The highest BCUT2D eigenvalue weighted by Crippen LogP contribution is 2.43. The number of thioether (sulfide) groups is 1. The molecular weight excluding hydrogens is 346 g/mol. The number of aryl methyl sites for hydroxylation is 1. The second kappa shape index (κ2) is 6.61. The van der Waals surface area contributed by atoms with Crippen molar-refractivity contribution in [1.29, 1.82) is 0 Å². The minimum Gasteiger partial charge on any atom is -0.375 e. The molecule has 116 valence electrons. The average Bonchev–Trinajstić information content (AvgIpc) is 2.47. The van der Waals surface area contributed by atoms with Crippen molar-refractivity contribution in [1.82, 2.24) is 0 Å². The standard InChI is InChI=1S/C17H24BrNOS/c1-12-10-14(18)2-3-15(12)16(19)13-4-7-20-17(11-13)5-8-21-9-6-17/h2-3,10,13,16H,4-9,11,19H2,1H3. The van der Waals surface area contributed by atoms with Crippen molar-refractivity contribution >= 4 is 27.7 Å². The number of halogens is 1. The van der Waals surface area contributed by atoms with Crippen LogP contribution in [-0.4, -0.2) is 23.7 Å². The maximum atomic E-state index is 6.63. The van der Waals surface area contributed by atoms with Gasteiger partial charge in [0.05, 0.1) is 5.60 Å². The molecule has 2 aliphatic rings. The smallest absolute Gasteiger partial charge is 0.0701 e. The number of rotatable bonds is 2. The Morgan fingerprint density at radius 1 is 1.38 bits per heavy atom. The Morgan fingerprint density at radius 3 is 2.86 bits per heavy atom. The number of hydrogen-bond acceptors (Lipinski definition) is 3. The van der Waals surface area contributed by atoms with Crippen LogP contribution in [0.5, 0.6) is 0 Å². The van der Waals surface area contributed by atoms with Crippen LogP contribution < -0.4 is 5.73 Å². The zero-order chi connectivity index (χ0) is 14.9. The minimum absolute atomic E-state index is 0.120. The van der Waals surface area contributed by atoms with Gasteiger partial charge in [-0.1, -0.05) is 22.0 Å². The topological polar surface area (TPSA) is 35.2 Å². The van der Waals surface area contributed by atoms with Gasteiger partial charge in [0.25, 0.3) is 0 Å². The molecule has 2 unspecified atom stereocenters. The first-order valence-electron chi connectivity index (χ1n) is 7.83. The monoisotopic (exact) mass is 369 g/mol. The average molecular weight is 370 g/mol. The van der Waals surface area contributed by atoms with E-state index < -0.39 is 0 Å². The fraction of sp³-hybridized carbons (Fsp3) is 0.647. The predicted molar refractivity (Wildman–Crippen MR) is 93.8 cm³/mol. The Kier molecular flexibility index (Phi) is 4.99. The summed E-state index contributed by atoms with van der Waals surface area (Å²) in [5.74, 6) is 3.01. The number of benzene rings is 1. The van der Waals surface area contributed by atoms with Crippen molar-refractivity contribution in [2.24, 2.45) is 11.7 Å². The quantitative estimate of drug-likeness (QED) is 0.835. The molecule has 0 saturated carbocycles. The molecule has 1 aromatic rings. The Morgan fingerprint density at radius 2 is 2.14 bits per heavy atom. The lowest BCUT2D eigenvalue weighted by molar-refractivity contribution is -0.105. The number of ether oxygens (including phenoxy) is 1. The molecule has 1 aromatic carbocycles. The van der Waals surface area contributed by atoms with Crippen LogP contribution in [-0.2, 0) is 4.74 Å². The van der Waals surface area contributed by atoms with E-state index in [1.165, 1.54) is 35.5 Å². The van der Waals surface area contributed by atoms with E-state index >= 15 is 0 Å². The molecule has 0 aromatic heterocycles. The molecule has 2 N–H and O–H groups in total. The van der Waals surface area contributed by atoms with Crippen molar-refractivity contribution < 1.29 is 4.74 Å². The van der Waals surface area contributed by atoms with E-state index in [1.807, 2.05) is 0 Å². The van der Waals surface area contributed by atoms with Gasteiger partial charge < -0.3 is 10.5 Å². The van der Waals surface area contributed by atoms with Crippen molar-refractivity contribution in [3.8, 4) is 0 Å². The fourth-order valence-corrected chi connectivity index (χ4v) is 5.44. The van der Waals surface area contributed by atoms with E-state index in [4.69, 9.17) is 10.5 Å². The van der Waals surface area contributed by atoms with Gasteiger partial charge in [-0.2, -0.15) is 11.8 Å². The highest BCUT2D eigenvalue weighted by Gasteiger charge is 2.40. The lowest BCUT2D eigenvalue weighted by Gasteiger charge is -2.45. The predicted octanol–water partition coefficient (Wildman–Crippen LogP) is 4.45. The molecule has 2 nitrogen and oxygen atoms in total. The Balaban J connectivity index is 1.76. The van der Waals surface area contributed by atoms with Gasteiger partial charge in [0, 0.05) is 17.1 Å². The van der Waals surface area contributed by atoms with Gasteiger partial charge in [0.2, 0.25) is 0 Å². The molecule has 0 bridgehead atoms. The SMILES string of the molecule is Cc1cc(Br)ccc1C(N)C1CCOC2(CCSCC2)C1. The first-order valence-corrected chi connectivity index (χ1v) is 9.78. The fourth-order valence-electron chi connectivity index (χ4n) is 3.73. The van der Waals surface area contributed by atoms with Crippen LogP contribution in [0.15, 0.2) is 22.7 Å². The van der Waals surface area contributed by atoms with Gasteiger partial charge in [-0.15, -0.1) is 0 Å². The lowest BCUT2D eigenvalue weighted by atomic mass is 9.76. The number of nitrogens with two attached hydrogens (primary N) is 1. The molecule has 2 fully saturated rings. The molecule has 1 spiro atoms. The first-order chi connectivity index (χ1) is 10.1. The third kappa shape index (κ3) is 3.49. The molecule has 3 rings (SSSR count). The van der Waals surface area contributed by atoms with Crippen LogP contribution in [0.3, 0.4) is 0 Å². The molecule has 2 heterocycles. The van der Waals surface area contributed by atoms with Crippen LogP contribution in [0.1, 0.15) is 42.9 Å². The second-order valence-corrected chi connectivity index (χ2v) is 8.56. The lowest BCUT2D eigenvalue weighted by Crippen LogP contribution is -2.45. The van der Waals surface area contributed by atoms with Crippen molar-refractivity contribution in [2.75, 3.05) is 18.1 Å². The zero-order valence-corrected chi connectivity index (χ0v) is 15.0. The Hall–Kier alpha value is -0.0300. The Labute approximate surface area is 140 Å². The first kappa shape index (κ1) is 15.9. The van der Waals surface area contributed by atoms with E-state index in [0.29, 0.717) is 5.92 Å². The maximum Gasteiger partial charge on any atom is 0.0701 e. The second-order valence-electron chi connectivity index (χ2n) is 6.42. The highest BCUT2D eigenvalue weighted by molar-refractivity contribution is 9.10. The Bertz CT molecular complexity index is 496. The van der Waals surface area contributed by atoms with Crippen LogP contribution in [0.4, 0.5) is 0 Å². The third-order valence-electron chi connectivity index (χ3n) is 5.03. The van der Waals surface area contributed by atoms with Crippen LogP contribution >= 0.6 is 27.7 Å². The summed E-state index contributed by atoms with van der Waals surface area (Å²) in [7, 11) is 0. The van der Waals surface area contributed by atoms with Crippen molar-refractivity contribution in [3.63, 3.8) is 0 Å². The van der Waals surface area contributed by atoms with Gasteiger partial charge in [-0.05, 0) is 73.3 Å². The van der Waals surface area contributed by atoms with Gasteiger partial charge in [-0.3, -0.25) is 0 Å². The largest absolute Gasteiger partial charge is 0.375 e. The molecule has 0 amide bonds.